The summed E-state index contributed by atoms with van der Waals surface area (Å²) in [5.41, 5.74) is 1.44. The van der Waals surface area contributed by atoms with Crippen LogP contribution in [0.4, 0.5) is 5.69 Å². The van der Waals surface area contributed by atoms with Crippen molar-refractivity contribution in [3.63, 3.8) is 0 Å². The standard InChI is InChI=1S/C20H21N3O2/c1-20(2,3)16-10-6-7-11-17(16)22-18(24)13-23-19(25)15-9-5-4-8-14(15)12-21-23/h4-12H,13H2,1-3H3,(H,22,24). The van der Waals surface area contributed by atoms with Crippen LogP contribution < -0.4 is 10.9 Å². The van der Waals surface area contributed by atoms with Crippen LogP contribution in [-0.2, 0) is 16.8 Å². The molecule has 0 spiro atoms. The van der Waals surface area contributed by atoms with Crippen molar-refractivity contribution in [2.24, 2.45) is 0 Å². The topological polar surface area (TPSA) is 64.0 Å². The van der Waals surface area contributed by atoms with E-state index in [2.05, 4.69) is 31.2 Å². The molecule has 0 unspecified atom stereocenters. The van der Waals surface area contributed by atoms with E-state index < -0.39 is 0 Å². The molecule has 0 aliphatic carbocycles. The Morgan fingerprint density at radius 3 is 2.52 bits per heavy atom. The molecule has 0 radical (unpaired) electrons. The second-order valence-electron chi connectivity index (χ2n) is 7.04. The first-order valence-corrected chi connectivity index (χ1v) is 8.20. The number of carbonyl (C=O) groups excluding carboxylic acids is 1. The third-order valence-electron chi connectivity index (χ3n) is 4.06. The van der Waals surface area contributed by atoms with Gasteiger partial charge in [-0.25, -0.2) is 4.68 Å². The second kappa shape index (κ2) is 6.51. The van der Waals surface area contributed by atoms with Gasteiger partial charge in [-0.1, -0.05) is 57.2 Å². The average molecular weight is 335 g/mol. The number of para-hydroxylation sites is 1. The number of nitrogens with zero attached hydrogens (tertiary/aromatic N) is 2. The molecule has 0 aliphatic heterocycles. The summed E-state index contributed by atoms with van der Waals surface area (Å²) in [4.78, 5) is 24.9. The summed E-state index contributed by atoms with van der Waals surface area (Å²) in [6, 6.07) is 14.9. The van der Waals surface area contributed by atoms with E-state index in [4.69, 9.17) is 0 Å². The number of hydrogen-bond donors (Lipinski definition) is 1. The minimum Gasteiger partial charge on any atom is -0.324 e. The molecular formula is C20H21N3O2. The summed E-state index contributed by atoms with van der Waals surface area (Å²) in [6.07, 6.45) is 1.60. The lowest BCUT2D eigenvalue weighted by atomic mass is 9.86. The first-order valence-electron chi connectivity index (χ1n) is 8.20. The molecule has 0 bridgehead atoms. The second-order valence-corrected chi connectivity index (χ2v) is 7.04. The van der Waals surface area contributed by atoms with Crippen molar-refractivity contribution in [3.05, 3.63) is 70.6 Å². The maximum Gasteiger partial charge on any atom is 0.275 e. The quantitative estimate of drug-likeness (QED) is 0.798. The van der Waals surface area contributed by atoms with E-state index in [1.807, 2.05) is 36.4 Å². The zero-order chi connectivity index (χ0) is 18.0. The van der Waals surface area contributed by atoms with E-state index in [1.54, 1.807) is 18.3 Å². The molecule has 5 nitrogen and oxygen atoms in total. The van der Waals surface area contributed by atoms with Gasteiger partial charge in [0.1, 0.15) is 6.54 Å². The van der Waals surface area contributed by atoms with Gasteiger partial charge in [0.15, 0.2) is 0 Å². The molecule has 25 heavy (non-hydrogen) atoms. The Bertz CT molecular complexity index is 984. The SMILES string of the molecule is CC(C)(C)c1ccccc1NC(=O)Cn1ncc2ccccc2c1=O. The first-order chi connectivity index (χ1) is 11.9. The van der Waals surface area contributed by atoms with Crippen molar-refractivity contribution in [1.29, 1.82) is 0 Å². The fraction of sp³-hybridized carbons (Fsp3) is 0.250. The number of benzene rings is 2. The molecular weight excluding hydrogens is 314 g/mol. The van der Waals surface area contributed by atoms with Gasteiger partial charge in [0.05, 0.1) is 11.6 Å². The van der Waals surface area contributed by atoms with Crippen LogP contribution in [0.3, 0.4) is 0 Å². The lowest BCUT2D eigenvalue weighted by Gasteiger charge is -2.23. The van der Waals surface area contributed by atoms with Gasteiger partial charge < -0.3 is 5.32 Å². The number of fused-ring (bicyclic) bond motifs is 1. The van der Waals surface area contributed by atoms with Crippen LogP contribution in [-0.4, -0.2) is 15.7 Å². The number of nitrogens with one attached hydrogen (secondary N) is 1. The molecule has 1 N–H and O–H groups in total. The summed E-state index contributed by atoms with van der Waals surface area (Å²) in [5, 5.41) is 8.33. The zero-order valence-corrected chi connectivity index (χ0v) is 14.6. The molecule has 1 aromatic heterocycles. The third-order valence-corrected chi connectivity index (χ3v) is 4.06. The van der Waals surface area contributed by atoms with E-state index in [0.29, 0.717) is 5.39 Å². The van der Waals surface area contributed by atoms with Crippen molar-refractivity contribution in [3.8, 4) is 0 Å². The summed E-state index contributed by atoms with van der Waals surface area (Å²) in [6.45, 7) is 6.15. The lowest BCUT2D eigenvalue weighted by Crippen LogP contribution is -2.30. The van der Waals surface area contributed by atoms with Crippen molar-refractivity contribution in [2.45, 2.75) is 32.7 Å². The van der Waals surface area contributed by atoms with Gasteiger partial charge in [0, 0.05) is 11.1 Å². The molecule has 3 rings (SSSR count). The zero-order valence-electron chi connectivity index (χ0n) is 14.6. The van der Waals surface area contributed by atoms with Gasteiger partial charge in [-0.2, -0.15) is 5.10 Å². The minimum atomic E-state index is -0.276. The molecule has 0 aliphatic rings. The fourth-order valence-corrected chi connectivity index (χ4v) is 2.81. The number of rotatable bonds is 3. The van der Waals surface area contributed by atoms with Crippen LogP contribution in [0.1, 0.15) is 26.3 Å². The molecule has 1 heterocycles. The number of amides is 1. The Morgan fingerprint density at radius 1 is 1.08 bits per heavy atom. The van der Waals surface area contributed by atoms with Crippen molar-refractivity contribution < 1.29 is 4.79 Å². The Morgan fingerprint density at radius 2 is 1.76 bits per heavy atom. The molecule has 0 saturated heterocycles. The van der Waals surface area contributed by atoms with Gasteiger partial charge >= 0.3 is 0 Å². The molecule has 0 fully saturated rings. The lowest BCUT2D eigenvalue weighted by molar-refractivity contribution is -0.117. The van der Waals surface area contributed by atoms with E-state index in [0.717, 1.165) is 16.6 Å². The average Bonchev–Trinajstić information content (AvgIpc) is 2.57. The van der Waals surface area contributed by atoms with Gasteiger partial charge in [-0.05, 0) is 23.1 Å². The number of anilines is 1. The molecule has 1 amide bonds. The Hall–Kier alpha value is -2.95. The molecule has 2 aromatic carbocycles. The Balaban J connectivity index is 1.85. The predicted octanol–water partition coefficient (Wildman–Crippen LogP) is 3.33. The summed E-state index contributed by atoms with van der Waals surface area (Å²) < 4.78 is 1.19. The maximum absolute atomic E-state index is 12.5. The van der Waals surface area contributed by atoms with Gasteiger partial charge in [0.25, 0.3) is 5.56 Å². The monoisotopic (exact) mass is 335 g/mol. The summed E-state index contributed by atoms with van der Waals surface area (Å²) in [5.74, 6) is -0.276. The predicted molar refractivity (Wildman–Crippen MR) is 99.8 cm³/mol. The maximum atomic E-state index is 12.5. The molecule has 128 valence electrons. The molecule has 3 aromatic rings. The fourth-order valence-electron chi connectivity index (χ4n) is 2.81. The highest BCUT2D eigenvalue weighted by Crippen LogP contribution is 2.29. The highest BCUT2D eigenvalue weighted by atomic mass is 16.2. The largest absolute Gasteiger partial charge is 0.324 e. The van der Waals surface area contributed by atoms with E-state index in [1.165, 1.54) is 4.68 Å². The van der Waals surface area contributed by atoms with Crippen LogP contribution in [0.5, 0.6) is 0 Å². The Labute approximate surface area is 146 Å². The van der Waals surface area contributed by atoms with Crippen LogP contribution in [0.25, 0.3) is 10.8 Å². The summed E-state index contributed by atoms with van der Waals surface area (Å²) in [7, 11) is 0. The van der Waals surface area contributed by atoms with Crippen LogP contribution in [0.2, 0.25) is 0 Å². The number of carbonyl (C=O) groups is 1. The number of hydrogen-bond acceptors (Lipinski definition) is 3. The summed E-state index contributed by atoms with van der Waals surface area (Å²) >= 11 is 0. The van der Waals surface area contributed by atoms with Crippen LogP contribution in [0.15, 0.2) is 59.5 Å². The molecule has 0 atom stereocenters. The van der Waals surface area contributed by atoms with Crippen LogP contribution >= 0.6 is 0 Å². The first kappa shape index (κ1) is 16.9. The van der Waals surface area contributed by atoms with Gasteiger partial charge in [-0.15, -0.1) is 0 Å². The highest BCUT2D eigenvalue weighted by molar-refractivity contribution is 5.91. The third kappa shape index (κ3) is 3.60. The normalized spacial score (nSPS) is 11.5. The smallest absolute Gasteiger partial charge is 0.275 e. The number of aromatic nitrogens is 2. The molecule has 5 heteroatoms. The Kier molecular flexibility index (Phi) is 4.40. The van der Waals surface area contributed by atoms with Crippen molar-refractivity contribution >= 4 is 22.4 Å². The van der Waals surface area contributed by atoms with Gasteiger partial charge in [0.2, 0.25) is 5.91 Å². The molecule has 0 saturated carbocycles. The minimum absolute atomic E-state index is 0.0953. The van der Waals surface area contributed by atoms with E-state index >= 15 is 0 Å². The highest BCUT2D eigenvalue weighted by Gasteiger charge is 2.19. The van der Waals surface area contributed by atoms with Crippen LogP contribution in [0, 0.1) is 0 Å². The van der Waals surface area contributed by atoms with Crippen molar-refractivity contribution in [1.82, 2.24) is 9.78 Å². The van der Waals surface area contributed by atoms with Gasteiger partial charge in [-0.3, -0.25) is 9.59 Å². The van der Waals surface area contributed by atoms with Crippen molar-refractivity contribution in [2.75, 3.05) is 5.32 Å². The van der Waals surface area contributed by atoms with E-state index in [-0.39, 0.29) is 23.4 Å². The van der Waals surface area contributed by atoms with E-state index in [9.17, 15) is 9.59 Å².